The van der Waals surface area contributed by atoms with E-state index in [4.69, 9.17) is 5.11 Å². The molecular formula is C10H14F3N3O4S. The summed E-state index contributed by atoms with van der Waals surface area (Å²) in [5.74, 6) is -1.97. The molecule has 0 aromatic carbocycles. The van der Waals surface area contributed by atoms with Crippen molar-refractivity contribution in [3.05, 3.63) is 11.8 Å². The lowest BCUT2D eigenvalue weighted by Crippen LogP contribution is -2.41. The van der Waals surface area contributed by atoms with Gasteiger partial charge < -0.3 is 5.11 Å². The fourth-order valence-electron chi connectivity index (χ4n) is 1.61. The number of sulfonamides is 1. The van der Waals surface area contributed by atoms with Gasteiger partial charge in [0, 0.05) is 6.54 Å². The van der Waals surface area contributed by atoms with Crippen molar-refractivity contribution in [1.29, 1.82) is 0 Å². The molecule has 0 amide bonds. The van der Waals surface area contributed by atoms with E-state index < -0.39 is 45.8 Å². The molecule has 1 aromatic heterocycles. The third kappa shape index (κ3) is 4.43. The molecule has 0 atom stereocenters. The minimum atomic E-state index is -4.74. The van der Waals surface area contributed by atoms with E-state index in [1.54, 1.807) is 13.8 Å². The first kappa shape index (κ1) is 17.4. The van der Waals surface area contributed by atoms with Crippen LogP contribution in [0, 0.1) is 5.92 Å². The van der Waals surface area contributed by atoms with E-state index in [9.17, 15) is 26.4 Å². The number of aromatic nitrogens is 2. The molecule has 0 aliphatic heterocycles. The van der Waals surface area contributed by atoms with Gasteiger partial charge in [0.25, 0.3) is 10.0 Å². The molecule has 120 valence electrons. The average molecular weight is 329 g/mol. The van der Waals surface area contributed by atoms with E-state index in [1.807, 2.05) is 5.10 Å². The van der Waals surface area contributed by atoms with Crippen LogP contribution in [0.25, 0.3) is 0 Å². The number of carbonyl (C=O) groups is 1. The van der Waals surface area contributed by atoms with Gasteiger partial charge in [-0.05, 0) is 5.92 Å². The SMILES string of the molecule is CC(C)CN(CC(F)(F)F)S(=O)(=O)c1[nH]ncc1C(=O)O. The number of hydrogen-bond acceptors (Lipinski definition) is 4. The number of alkyl halides is 3. The van der Waals surface area contributed by atoms with Crippen molar-refractivity contribution in [2.24, 2.45) is 5.92 Å². The number of aromatic carboxylic acids is 1. The van der Waals surface area contributed by atoms with Gasteiger partial charge in [0.05, 0.1) is 6.20 Å². The Morgan fingerprint density at radius 1 is 1.48 bits per heavy atom. The smallest absolute Gasteiger partial charge is 0.402 e. The average Bonchev–Trinajstić information content (AvgIpc) is 2.74. The molecule has 0 fully saturated rings. The lowest BCUT2D eigenvalue weighted by molar-refractivity contribution is -0.136. The van der Waals surface area contributed by atoms with E-state index in [1.165, 1.54) is 0 Å². The number of rotatable bonds is 6. The van der Waals surface area contributed by atoms with Crippen molar-refractivity contribution in [3.8, 4) is 0 Å². The zero-order valence-corrected chi connectivity index (χ0v) is 12.0. The quantitative estimate of drug-likeness (QED) is 0.819. The molecule has 0 radical (unpaired) electrons. The molecule has 11 heteroatoms. The second-order valence-corrected chi connectivity index (χ2v) is 6.60. The third-order valence-electron chi connectivity index (χ3n) is 2.36. The fourth-order valence-corrected chi connectivity index (χ4v) is 3.26. The largest absolute Gasteiger partial charge is 0.478 e. The lowest BCUT2D eigenvalue weighted by Gasteiger charge is -2.24. The number of nitrogens with one attached hydrogen (secondary N) is 1. The zero-order chi connectivity index (χ0) is 16.4. The molecule has 0 aliphatic rings. The Bertz CT molecular complexity index is 609. The van der Waals surface area contributed by atoms with E-state index in [2.05, 4.69) is 5.10 Å². The minimum absolute atomic E-state index is 0.192. The highest BCUT2D eigenvalue weighted by Gasteiger charge is 2.39. The second kappa shape index (κ2) is 6.02. The van der Waals surface area contributed by atoms with Crippen molar-refractivity contribution in [2.75, 3.05) is 13.1 Å². The Hall–Kier alpha value is -1.62. The van der Waals surface area contributed by atoms with Gasteiger partial charge in [0.1, 0.15) is 12.1 Å². The maximum atomic E-state index is 12.5. The minimum Gasteiger partial charge on any atom is -0.478 e. The molecular weight excluding hydrogens is 315 g/mol. The van der Waals surface area contributed by atoms with Gasteiger partial charge in [0.2, 0.25) is 0 Å². The van der Waals surface area contributed by atoms with Crippen LogP contribution in [-0.2, 0) is 10.0 Å². The van der Waals surface area contributed by atoms with Crippen LogP contribution in [0.1, 0.15) is 24.2 Å². The molecule has 0 unspecified atom stereocenters. The van der Waals surface area contributed by atoms with Crippen molar-refractivity contribution < 1.29 is 31.5 Å². The topological polar surface area (TPSA) is 103 Å². The Balaban J connectivity index is 3.26. The summed E-state index contributed by atoms with van der Waals surface area (Å²) in [4.78, 5) is 10.9. The number of carboxylic acids is 1. The molecule has 1 heterocycles. The van der Waals surface area contributed by atoms with Gasteiger partial charge in [-0.15, -0.1) is 0 Å². The Morgan fingerprint density at radius 2 is 2.05 bits per heavy atom. The number of halogens is 3. The van der Waals surface area contributed by atoms with Crippen molar-refractivity contribution in [3.63, 3.8) is 0 Å². The highest BCUT2D eigenvalue weighted by atomic mass is 32.2. The fraction of sp³-hybridized carbons (Fsp3) is 0.600. The van der Waals surface area contributed by atoms with Crippen LogP contribution in [0.5, 0.6) is 0 Å². The number of nitrogens with zero attached hydrogens (tertiary/aromatic N) is 2. The van der Waals surface area contributed by atoms with Gasteiger partial charge in [-0.3, -0.25) is 5.10 Å². The van der Waals surface area contributed by atoms with Gasteiger partial charge in [-0.2, -0.15) is 22.6 Å². The summed E-state index contributed by atoms with van der Waals surface area (Å²) in [6, 6.07) is 0. The van der Waals surface area contributed by atoms with E-state index in [0.29, 0.717) is 0 Å². The van der Waals surface area contributed by atoms with Gasteiger partial charge in [-0.25, -0.2) is 13.2 Å². The predicted molar refractivity (Wildman–Crippen MR) is 65.2 cm³/mol. The predicted octanol–water partition coefficient (Wildman–Crippen LogP) is 1.32. The van der Waals surface area contributed by atoms with Gasteiger partial charge in [-0.1, -0.05) is 13.8 Å². The van der Waals surface area contributed by atoms with Crippen molar-refractivity contribution in [1.82, 2.24) is 14.5 Å². The summed E-state index contributed by atoms with van der Waals surface area (Å²) < 4.78 is 62.3. The Kier molecular flexibility index (Phi) is 4.99. The highest BCUT2D eigenvalue weighted by Crippen LogP contribution is 2.24. The van der Waals surface area contributed by atoms with Crippen LogP contribution >= 0.6 is 0 Å². The van der Waals surface area contributed by atoms with Crippen LogP contribution in [0.3, 0.4) is 0 Å². The summed E-state index contributed by atoms with van der Waals surface area (Å²) in [6.07, 6.45) is -4.01. The summed E-state index contributed by atoms with van der Waals surface area (Å²) in [7, 11) is -4.65. The Labute approximate surface area is 118 Å². The first-order chi connectivity index (χ1) is 9.45. The summed E-state index contributed by atoms with van der Waals surface area (Å²) in [6.45, 7) is 0.986. The van der Waals surface area contributed by atoms with E-state index >= 15 is 0 Å². The Morgan fingerprint density at radius 3 is 2.48 bits per heavy atom. The first-order valence-electron chi connectivity index (χ1n) is 5.78. The molecule has 0 saturated heterocycles. The summed E-state index contributed by atoms with van der Waals surface area (Å²) in [5.41, 5.74) is -0.703. The molecule has 0 bridgehead atoms. The van der Waals surface area contributed by atoms with Crippen LogP contribution in [0.2, 0.25) is 0 Å². The summed E-state index contributed by atoms with van der Waals surface area (Å²) in [5, 5.41) is 13.2. The van der Waals surface area contributed by atoms with Crippen molar-refractivity contribution in [2.45, 2.75) is 25.0 Å². The van der Waals surface area contributed by atoms with Crippen LogP contribution < -0.4 is 0 Å². The molecule has 2 N–H and O–H groups in total. The molecule has 0 saturated carbocycles. The standard InChI is InChI=1S/C10H14F3N3O4S/c1-6(2)4-16(5-10(11,12)13)21(19,20)8-7(9(17)18)3-14-15-8/h3,6H,4-5H2,1-2H3,(H,14,15)(H,17,18). The first-order valence-corrected chi connectivity index (χ1v) is 7.22. The second-order valence-electron chi connectivity index (χ2n) is 4.72. The van der Waals surface area contributed by atoms with Crippen LogP contribution in [0.15, 0.2) is 11.2 Å². The van der Waals surface area contributed by atoms with Crippen LogP contribution in [0.4, 0.5) is 13.2 Å². The zero-order valence-electron chi connectivity index (χ0n) is 11.2. The van der Waals surface area contributed by atoms with Crippen molar-refractivity contribution >= 4 is 16.0 Å². The molecule has 0 aliphatic carbocycles. The third-order valence-corrected chi connectivity index (χ3v) is 4.14. The number of aromatic amines is 1. The molecule has 21 heavy (non-hydrogen) atoms. The lowest BCUT2D eigenvalue weighted by atomic mass is 10.2. The maximum absolute atomic E-state index is 12.5. The van der Waals surface area contributed by atoms with E-state index in [-0.39, 0.29) is 10.2 Å². The summed E-state index contributed by atoms with van der Waals surface area (Å²) >= 11 is 0. The van der Waals surface area contributed by atoms with Gasteiger partial charge in [0.15, 0.2) is 5.03 Å². The number of H-pyrrole nitrogens is 1. The molecule has 7 nitrogen and oxygen atoms in total. The molecule has 1 aromatic rings. The number of carboxylic acid groups (broad SMARTS) is 1. The highest BCUT2D eigenvalue weighted by molar-refractivity contribution is 7.89. The van der Waals surface area contributed by atoms with E-state index in [0.717, 1.165) is 6.20 Å². The van der Waals surface area contributed by atoms with Crippen LogP contribution in [-0.4, -0.2) is 53.3 Å². The molecule has 1 rings (SSSR count). The van der Waals surface area contributed by atoms with Gasteiger partial charge >= 0.3 is 12.1 Å². The maximum Gasteiger partial charge on any atom is 0.402 e. The molecule has 0 spiro atoms. The number of hydrogen-bond donors (Lipinski definition) is 2. The monoisotopic (exact) mass is 329 g/mol. The normalized spacial score (nSPS) is 13.1.